The molecule has 0 aromatic carbocycles. The van der Waals surface area contributed by atoms with Gasteiger partial charge in [-0.25, -0.2) is 9.69 Å². The lowest BCUT2D eigenvalue weighted by atomic mass is 10.1. The zero-order valence-electron chi connectivity index (χ0n) is 7.95. The maximum absolute atomic E-state index is 11.1. The third-order valence-electron chi connectivity index (χ3n) is 1.63. The van der Waals surface area contributed by atoms with Crippen molar-refractivity contribution in [3.8, 4) is 0 Å². The quantitative estimate of drug-likeness (QED) is 0.400. The van der Waals surface area contributed by atoms with Crippen LogP contribution in [0.4, 0.5) is 0 Å². The van der Waals surface area contributed by atoms with Gasteiger partial charge in [-0.2, -0.15) is 4.28 Å². The molecule has 0 fully saturated rings. The molecule has 0 aliphatic carbocycles. The van der Waals surface area contributed by atoms with E-state index in [2.05, 4.69) is 4.28 Å². The fraction of sp³-hybridized carbons (Fsp3) is 0.429. The van der Waals surface area contributed by atoms with E-state index in [9.17, 15) is 18.4 Å². The van der Waals surface area contributed by atoms with Gasteiger partial charge in [-0.05, 0) is 20.8 Å². The normalized spacial score (nSPS) is 14.3. The van der Waals surface area contributed by atoms with Crippen LogP contribution in [-0.2, 0) is 25.2 Å². The molecular weight excluding hydrogens is 210 g/mol. The first-order valence-electron chi connectivity index (χ1n) is 3.61. The number of amides is 1. The molecule has 0 aromatic heterocycles. The Bertz CT molecular complexity index is 309. The summed E-state index contributed by atoms with van der Waals surface area (Å²) in [4.78, 5) is 21.9. The monoisotopic (exact) mass is 220 g/mol. The van der Waals surface area contributed by atoms with Crippen molar-refractivity contribution in [3.05, 3.63) is 11.1 Å². The number of hydrogen-bond acceptors (Lipinski definition) is 5. The Labute approximate surface area is 83.8 Å². The van der Waals surface area contributed by atoms with Crippen molar-refractivity contribution in [2.24, 2.45) is 0 Å². The molecule has 0 aliphatic heterocycles. The standard InChI is InChI=1S/C7H11NO5S/c1-4(6(3)9)5(2)7(10)8-13-14(11)12/h1-3H3,(H,8,10)(H,11,12)/p-1. The molecule has 0 saturated carbocycles. The van der Waals surface area contributed by atoms with Crippen LogP contribution in [0.5, 0.6) is 0 Å². The molecule has 7 heteroatoms. The summed E-state index contributed by atoms with van der Waals surface area (Å²) >= 11 is -2.82. The maximum atomic E-state index is 11.1. The predicted molar refractivity (Wildman–Crippen MR) is 47.2 cm³/mol. The van der Waals surface area contributed by atoms with Crippen molar-refractivity contribution in [1.29, 1.82) is 0 Å². The smallest absolute Gasteiger partial charge is 0.271 e. The third-order valence-corrected chi connectivity index (χ3v) is 1.85. The average molecular weight is 220 g/mol. The largest absolute Gasteiger partial charge is 0.748 e. The lowest BCUT2D eigenvalue weighted by Gasteiger charge is -2.07. The zero-order chi connectivity index (χ0) is 11.3. The van der Waals surface area contributed by atoms with E-state index in [1.165, 1.54) is 20.8 Å². The Morgan fingerprint density at radius 3 is 2.07 bits per heavy atom. The molecule has 0 radical (unpaired) electrons. The van der Waals surface area contributed by atoms with Gasteiger partial charge in [0.15, 0.2) is 5.78 Å². The van der Waals surface area contributed by atoms with Crippen molar-refractivity contribution in [2.75, 3.05) is 0 Å². The molecule has 0 rings (SSSR count). The number of rotatable bonds is 4. The van der Waals surface area contributed by atoms with Crippen LogP contribution >= 0.6 is 0 Å². The summed E-state index contributed by atoms with van der Waals surface area (Å²) in [6, 6.07) is 0. The Balaban J connectivity index is 4.47. The molecule has 0 saturated heterocycles. The lowest BCUT2D eigenvalue weighted by molar-refractivity contribution is -0.124. The molecule has 0 heterocycles. The van der Waals surface area contributed by atoms with Crippen molar-refractivity contribution in [1.82, 2.24) is 5.48 Å². The predicted octanol–water partition coefficient (Wildman–Crippen LogP) is -0.246. The molecule has 0 aromatic rings. The molecule has 1 unspecified atom stereocenters. The number of ketones is 1. The minimum absolute atomic E-state index is 0.114. The van der Waals surface area contributed by atoms with E-state index in [0.29, 0.717) is 0 Å². The number of hydrogen-bond donors (Lipinski definition) is 1. The molecular formula is C7H10NO5S-. The number of carbonyl (C=O) groups is 2. The Hall–Kier alpha value is -1.05. The van der Waals surface area contributed by atoms with Crippen molar-refractivity contribution in [2.45, 2.75) is 20.8 Å². The average Bonchev–Trinajstić information content (AvgIpc) is 2.11. The second-order valence-electron chi connectivity index (χ2n) is 2.52. The van der Waals surface area contributed by atoms with Crippen LogP contribution in [0.2, 0.25) is 0 Å². The van der Waals surface area contributed by atoms with Crippen LogP contribution in [0.15, 0.2) is 11.1 Å². The maximum Gasteiger partial charge on any atom is 0.271 e. The van der Waals surface area contributed by atoms with Gasteiger partial charge in [-0.15, -0.1) is 0 Å². The van der Waals surface area contributed by atoms with Crippen molar-refractivity contribution >= 4 is 23.1 Å². The highest BCUT2D eigenvalue weighted by Gasteiger charge is 2.10. The van der Waals surface area contributed by atoms with Crippen LogP contribution in [0.3, 0.4) is 0 Å². The topological polar surface area (TPSA) is 95.5 Å². The fourth-order valence-electron chi connectivity index (χ4n) is 0.583. The second-order valence-corrected chi connectivity index (χ2v) is 3.10. The van der Waals surface area contributed by atoms with Gasteiger partial charge in [-0.3, -0.25) is 9.59 Å². The van der Waals surface area contributed by atoms with Crippen LogP contribution in [-0.4, -0.2) is 20.5 Å². The highest BCUT2D eigenvalue weighted by Crippen LogP contribution is 2.04. The van der Waals surface area contributed by atoms with Crippen molar-refractivity contribution in [3.63, 3.8) is 0 Å². The van der Waals surface area contributed by atoms with Crippen LogP contribution in [0, 0.1) is 0 Å². The summed E-state index contributed by atoms with van der Waals surface area (Å²) in [5.41, 5.74) is 2.02. The van der Waals surface area contributed by atoms with Crippen LogP contribution in [0.1, 0.15) is 20.8 Å². The van der Waals surface area contributed by atoms with E-state index in [-0.39, 0.29) is 16.9 Å². The molecule has 0 bridgehead atoms. The number of Topliss-reactive ketones (excluding diaryl/α,β-unsaturated/α-hetero) is 1. The van der Waals surface area contributed by atoms with Gasteiger partial charge in [-0.1, -0.05) is 0 Å². The third kappa shape index (κ3) is 4.26. The number of hydroxylamine groups is 1. The highest BCUT2D eigenvalue weighted by atomic mass is 32.2. The Morgan fingerprint density at radius 2 is 1.71 bits per heavy atom. The Morgan fingerprint density at radius 1 is 1.21 bits per heavy atom. The van der Waals surface area contributed by atoms with Crippen LogP contribution in [0.25, 0.3) is 0 Å². The first-order chi connectivity index (χ1) is 6.36. The molecule has 6 nitrogen and oxygen atoms in total. The zero-order valence-corrected chi connectivity index (χ0v) is 8.77. The van der Waals surface area contributed by atoms with Gasteiger partial charge < -0.3 is 4.55 Å². The molecule has 0 spiro atoms. The van der Waals surface area contributed by atoms with E-state index in [1.54, 1.807) is 5.48 Å². The summed E-state index contributed by atoms with van der Waals surface area (Å²) < 4.78 is 23.6. The van der Waals surface area contributed by atoms with E-state index >= 15 is 0 Å². The van der Waals surface area contributed by atoms with E-state index in [0.717, 1.165) is 0 Å². The first kappa shape index (κ1) is 12.9. The molecule has 1 N–H and O–H groups in total. The minimum atomic E-state index is -2.82. The van der Waals surface area contributed by atoms with Gasteiger partial charge in [0.2, 0.25) is 0 Å². The Kier molecular flexibility index (Phi) is 5.21. The second kappa shape index (κ2) is 5.63. The van der Waals surface area contributed by atoms with Gasteiger partial charge in [0.05, 0.1) is 0 Å². The highest BCUT2D eigenvalue weighted by molar-refractivity contribution is 7.74. The fourth-order valence-corrected chi connectivity index (χ4v) is 0.726. The summed E-state index contributed by atoms with van der Waals surface area (Å²) in [5, 5.41) is 0. The van der Waals surface area contributed by atoms with Gasteiger partial charge in [0.25, 0.3) is 5.91 Å². The molecule has 14 heavy (non-hydrogen) atoms. The molecule has 1 atom stereocenters. The number of allylic oxidation sites excluding steroid dienone is 1. The number of nitrogens with one attached hydrogen (secondary N) is 1. The van der Waals surface area contributed by atoms with Crippen molar-refractivity contribution < 1.29 is 22.6 Å². The summed E-state index contributed by atoms with van der Waals surface area (Å²) in [6.45, 7) is 4.16. The summed E-state index contributed by atoms with van der Waals surface area (Å²) in [6.07, 6.45) is 0. The van der Waals surface area contributed by atoms with Gasteiger partial charge >= 0.3 is 0 Å². The SMILES string of the molecule is CC(=O)C(C)=C(C)C(=O)NOS(=O)[O-]. The van der Waals surface area contributed by atoms with E-state index in [4.69, 9.17) is 0 Å². The minimum Gasteiger partial charge on any atom is -0.748 e. The lowest BCUT2D eigenvalue weighted by Crippen LogP contribution is -2.26. The number of carbonyl (C=O) groups excluding carboxylic acids is 2. The molecule has 0 aliphatic rings. The van der Waals surface area contributed by atoms with Gasteiger partial charge in [0.1, 0.15) is 11.4 Å². The molecule has 1 amide bonds. The van der Waals surface area contributed by atoms with E-state index < -0.39 is 17.3 Å². The first-order valence-corrected chi connectivity index (χ1v) is 4.61. The summed E-state index contributed by atoms with van der Waals surface area (Å²) in [7, 11) is 0. The van der Waals surface area contributed by atoms with Crippen LogP contribution < -0.4 is 5.48 Å². The summed E-state index contributed by atoms with van der Waals surface area (Å²) in [5.74, 6) is -1.03. The molecule has 80 valence electrons. The van der Waals surface area contributed by atoms with Gasteiger partial charge in [0, 0.05) is 11.1 Å². The van der Waals surface area contributed by atoms with E-state index in [1.807, 2.05) is 0 Å².